The molecule has 0 aromatic carbocycles. The van der Waals surface area contributed by atoms with Gasteiger partial charge in [-0.1, -0.05) is 26.7 Å². The van der Waals surface area contributed by atoms with E-state index in [-0.39, 0.29) is 12.5 Å². The molecule has 0 amide bonds. The van der Waals surface area contributed by atoms with Crippen LogP contribution in [0.2, 0.25) is 0 Å². The second kappa shape index (κ2) is 7.10. The maximum Gasteiger partial charge on any atom is 0.306 e. The molecule has 4 heteroatoms. The second-order valence-electron chi connectivity index (χ2n) is 5.63. The summed E-state index contributed by atoms with van der Waals surface area (Å²) >= 11 is 0. The molecule has 1 heterocycles. The van der Waals surface area contributed by atoms with Crippen molar-refractivity contribution >= 4 is 5.97 Å². The number of carboxylic acids is 1. The minimum atomic E-state index is -0.782. The number of carboxylic acid groups (broad SMARTS) is 1. The standard InChI is InChI=1S/C14H27NO3/c1-4-6-14(7-5-2)10-15(11-14)9-12(18-3)8-13(16)17/h12H,4-11H2,1-3H3,(H,16,17). The summed E-state index contributed by atoms with van der Waals surface area (Å²) in [4.78, 5) is 13.0. The largest absolute Gasteiger partial charge is 0.481 e. The van der Waals surface area contributed by atoms with Gasteiger partial charge in [0.15, 0.2) is 0 Å². The average Bonchev–Trinajstić information content (AvgIpc) is 2.25. The van der Waals surface area contributed by atoms with Gasteiger partial charge < -0.3 is 9.84 Å². The van der Waals surface area contributed by atoms with E-state index >= 15 is 0 Å². The molecule has 1 rings (SSSR count). The van der Waals surface area contributed by atoms with Gasteiger partial charge >= 0.3 is 5.97 Å². The Morgan fingerprint density at radius 1 is 1.33 bits per heavy atom. The summed E-state index contributed by atoms with van der Waals surface area (Å²) in [6.45, 7) is 7.44. The number of methoxy groups -OCH3 is 1. The van der Waals surface area contributed by atoms with Crippen molar-refractivity contribution in [2.45, 2.75) is 52.1 Å². The quantitative estimate of drug-likeness (QED) is 0.689. The molecular weight excluding hydrogens is 230 g/mol. The van der Waals surface area contributed by atoms with Crippen molar-refractivity contribution < 1.29 is 14.6 Å². The van der Waals surface area contributed by atoms with Gasteiger partial charge in [0.2, 0.25) is 0 Å². The number of aliphatic carboxylic acids is 1. The molecule has 1 N–H and O–H groups in total. The van der Waals surface area contributed by atoms with E-state index in [0.29, 0.717) is 5.41 Å². The number of hydrogen-bond donors (Lipinski definition) is 1. The van der Waals surface area contributed by atoms with E-state index in [9.17, 15) is 4.79 Å². The molecule has 0 aromatic rings. The molecule has 0 saturated carbocycles. The Morgan fingerprint density at radius 2 is 1.89 bits per heavy atom. The molecule has 18 heavy (non-hydrogen) atoms. The van der Waals surface area contributed by atoms with Gasteiger partial charge in [0.1, 0.15) is 0 Å². The highest BCUT2D eigenvalue weighted by Gasteiger charge is 2.41. The Balaban J connectivity index is 2.37. The molecule has 1 fully saturated rings. The average molecular weight is 257 g/mol. The van der Waals surface area contributed by atoms with Crippen LogP contribution in [-0.4, -0.2) is 48.8 Å². The highest BCUT2D eigenvalue weighted by atomic mass is 16.5. The van der Waals surface area contributed by atoms with Gasteiger partial charge in [-0.15, -0.1) is 0 Å². The number of ether oxygens (including phenoxy) is 1. The fourth-order valence-corrected chi connectivity index (χ4v) is 3.24. The molecular formula is C14H27NO3. The first-order chi connectivity index (χ1) is 8.55. The van der Waals surface area contributed by atoms with Gasteiger partial charge in [0.25, 0.3) is 0 Å². The molecule has 1 unspecified atom stereocenters. The van der Waals surface area contributed by atoms with Gasteiger partial charge in [0.05, 0.1) is 12.5 Å². The molecule has 1 aliphatic heterocycles. The van der Waals surface area contributed by atoms with E-state index in [0.717, 1.165) is 19.6 Å². The van der Waals surface area contributed by atoms with Crippen molar-refractivity contribution in [2.24, 2.45) is 5.41 Å². The van der Waals surface area contributed by atoms with Crippen LogP contribution in [0, 0.1) is 5.41 Å². The second-order valence-corrected chi connectivity index (χ2v) is 5.63. The zero-order valence-corrected chi connectivity index (χ0v) is 11.9. The molecule has 1 saturated heterocycles. The summed E-state index contributed by atoms with van der Waals surface area (Å²) in [6.07, 6.45) is 4.96. The lowest BCUT2D eigenvalue weighted by molar-refractivity contribution is -0.140. The highest BCUT2D eigenvalue weighted by molar-refractivity contribution is 5.67. The molecule has 4 nitrogen and oxygen atoms in total. The zero-order chi connectivity index (χ0) is 13.6. The van der Waals surface area contributed by atoms with Crippen LogP contribution < -0.4 is 0 Å². The van der Waals surface area contributed by atoms with Crippen molar-refractivity contribution in [3.05, 3.63) is 0 Å². The lowest BCUT2D eigenvalue weighted by Crippen LogP contribution is -2.58. The molecule has 0 aliphatic carbocycles. The maximum absolute atomic E-state index is 10.7. The molecule has 0 bridgehead atoms. The normalized spacial score (nSPS) is 20.4. The van der Waals surface area contributed by atoms with Crippen molar-refractivity contribution in [2.75, 3.05) is 26.7 Å². The molecule has 1 aliphatic rings. The van der Waals surface area contributed by atoms with Crippen LogP contribution in [0.1, 0.15) is 46.0 Å². The fraction of sp³-hybridized carbons (Fsp3) is 0.929. The SMILES string of the molecule is CCCC1(CCC)CN(CC(CC(=O)O)OC)C1. The van der Waals surface area contributed by atoms with Crippen molar-refractivity contribution in [1.82, 2.24) is 4.90 Å². The third kappa shape index (κ3) is 4.25. The van der Waals surface area contributed by atoms with Gasteiger partial charge in [-0.05, 0) is 18.3 Å². The molecule has 0 radical (unpaired) electrons. The minimum Gasteiger partial charge on any atom is -0.481 e. The highest BCUT2D eigenvalue weighted by Crippen LogP contribution is 2.39. The van der Waals surface area contributed by atoms with Gasteiger partial charge in [0, 0.05) is 26.7 Å². The van der Waals surface area contributed by atoms with Crippen molar-refractivity contribution in [1.29, 1.82) is 0 Å². The fourth-order valence-electron chi connectivity index (χ4n) is 3.24. The van der Waals surface area contributed by atoms with Crippen LogP contribution in [-0.2, 0) is 9.53 Å². The molecule has 106 valence electrons. The van der Waals surface area contributed by atoms with Gasteiger partial charge in [-0.3, -0.25) is 9.69 Å². The van der Waals surface area contributed by atoms with E-state index in [4.69, 9.17) is 9.84 Å². The predicted molar refractivity (Wildman–Crippen MR) is 71.7 cm³/mol. The number of likely N-dealkylation sites (tertiary alicyclic amines) is 1. The Hall–Kier alpha value is -0.610. The van der Waals surface area contributed by atoms with Gasteiger partial charge in [-0.25, -0.2) is 0 Å². The molecule has 0 spiro atoms. The molecule has 1 atom stereocenters. The Morgan fingerprint density at radius 3 is 2.28 bits per heavy atom. The van der Waals surface area contributed by atoms with Crippen LogP contribution in [0.4, 0.5) is 0 Å². The van der Waals surface area contributed by atoms with E-state index in [2.05, 4.69) is 18.7 Å². The Bertz CT molecular complexity index is 254. The zero-order valence-electron chi connectivity index (χ0n) is 11.9. The van der Waals surface area contributed by atoms with Crippen molar-refractivity contribution in [3.63, 3.8) is 0 Å². The van der Waals surface area contributed by atoms with E-state index < -0.39 is 5.97 Å². The number of rotatable bonds is 9. The number of nitrogens with zero attached hydrogens (tertiary/aromatic N) is 1. The Labute approximate surface area is 110 Å². The van der Waals surface area contributed by atoms with Gasteiger partial charge in [-0.2, -0.15) is 0 Å². The summed E-state index contributed by atoms with van der Waals surface area (Å²) < 4.78 is 5.23. The summed E-state index contributed by atoms with van der Waals surface area (Å²) in [5.41, 5.74) is 0.491. The first-order valence-corrected chi connectivity index (χ1v) is 7.02. The predicted octanol–water partition coefficient (Wildman–Crippen LogP) is 2.38. The van der Waals surface area contributed by atoms with Crippen LogP contribution in [0.5, 0.6) is 0 Å². The van der Waals surface area contributed by atoms with E-state index in [1.807, 2.05) is 0 Å². The lowest BCUT2D eigenvalue weighted by Gasteiger charge is -2.51. The first-order valence-electron chi connectivity index (χ1n) is 7.02. The molecule has 0 aromatic heterocycles. The number of hydrogen-bond acceptors (Lipinski definition) is 3. The van der Waals surface area contributed by atoms with Crippen molar-refractivity contribution in [3.8, 4) is 0 Å². The summed E-state index contributed by atoms with van der Waals surface area (Å²) in [7, 11) is 1.60. The van der Waals surface area contributed by atoms with E-state index in [1.165, 1.54) is 25.7 Å². The van der Waals surface area contributed by atoms with E-state index in [1.54, 1.807) is 7.11 Å². The van der Waals surface area contributed by atoms with Crippen LogP contribution in [0.15, 0.2) is 0 Å². The monoisotopic (exact) mass is 257 g/mol. The summed E-state index contributed by atoms with van der Waals surface area (Å²) in [5, 5.41) is 8.79. The lowest BCUT2D eigenvalue weighted by atomic mass is 9.72. The minimum absolute atomic E-state index is 0.0988. The number of carbonyl (C=O) groups is 1. The third-order valence-corrected chi connectivity index (χ3v) is 3.88. The summed E-state index contributed by atoms with van der Waals surface area (Å²) in [6, 6.07) is 0. The third-order valence-electron chi connectivity index (χ3n) is 3.88. The first kappa shape index (κ1) is 15.4. The smallest absolute Gasteiger partial charge is 0.306 e. The topological polar surface area (TPSA) is 49.8 Å². The van der Waals surface area contributed by atoms with Crippen LogP contribution in [0.25, 0.3) is 0 Å². The maximum atomic E-state index is 10.7. The van der Waals surface area contributed by atoms with Crippen LogP contribution in [0.3, 0.4) is 0 Å². The Kier molecular flexibility index (Phi) is 6.09. The summed E-state index contributed by atoms with van der Waals surface area (Å²) in [5.74, 6) is -0.782. The van der Waals surface area contributed by atoms with Crippen LogP contribution >= 0.6 is 0 Å².